The third kappa shape index (κ3) is 5.84. The fourth-order valence-electron chi connectivity index (χ4n) is 16.3. The Morgan fingerprint density at radius 3 is 1.89 bits per heavy atom. The van der Waals surface area contributed by atoms with Gasteiger partial charge in [0.15, 0.2) is 0 Å². The highest BCUT2D eigenvalue weighted by Crippen LogP contribution is 2.66. The Balaban J connectivity index is 1.15. The molecule has 0 bridgehead atoms. The largest absolute Gasteiger partial charge is 0.335 e. The molecule has 7 aromatic carbocycles. The van der Waals surface area contributed by atoms with E-state index >= 15 is 0 Å². The standard InChI is InChI=1S/C68H74BN3Si/c1-63(2,3)46-28-30-56-50(36-46)51-37-47(64(4,5)6)38-54-61(51)70(56)58-39-48(71-57-29-27-44(43-23-15-13-16-24-43)35-52(57)65(7)31-19-20-32-66(65,71)8)40-59-60(58)69(54)55-42-49(73(10,11)12)41-53-62(55)72(59)67(9)33-21-22-34-68(53,67)45-25-17-14-18-26-45/h13-18,23-30,35-42H,19-22,31-34H2,1-12H3. The third-order valence-electron chi connectivity index (χ3n) is 20.4. The number of anilines is 4. The molecule has 5 heteroatoms. The molecule has 5 heterocycles. The second-order valence-electron chi connectivity index (χ2n) is 27.4. The van der Waals surface area contributed by atoms with E-state index in [0.717, 1.165) is 19.3 Å². The molecule has 0 spiro atoms. The molecule has 3 nitrogen and oxygen atoms in total. The molecule has 0 saturated heterocycles. The van der Waals surface area contributed by atoms with E-state index in [2.05, 4.69) is 230 Å². The number of hydrogen-bond donors (Lipinski definition) is 0. The number of rotatable bonds is 4. The number of hydrogen-bond acceptors (Lipinski definition) is 2. The molecule has 1 aromatic heterocycles. The summed E-state index contributed by atoms with van der Waals surface area (Å²) in [6.07, 6.45) is 9.61. The molecule has 6 aliphatic rings. The van der Waals surface area contributed by atoms with Crippen LogP contribution in [-0.4, -0.2) is 30.4 Å². The van der Waals surface area contributed by atoms with Gasteiger partial charge >= 0.3 is 0 Å². The topological polar surface area (TPSA) is 11.4 Å². The minimum Gasteiger partial charge on any atom is -0.335 e. The van der Waals surface area contributed by atoms with Gasteiger partial charge in [-0.25, -0.2) is 0 Å². The molecule has 0 amide bonds. The molecule has 2 fully saturated rings. The van der Waals surface area contributed by atoms with E-state index in [0.29, 0.717) is 0 Å². The van der Waals surface area contributed by atoms with Gasteiger partial charge in [-0.05, 0) is 148 Å². The van der Waals surface area contributed by atoms with E-state index in [1.165, 1.54) is 132 Å². The average Bonchev–Trinajstić information content (AvgIpc) is 3.91. The maximum atomic E-state index is 3.01. The van der Waals surface area contributed by atoms with Crippen LogP contribution in [0.5, 0.6) is 0 Å². The van der Waals surface area contributed by atoms with E-state index in [9.17, 15) is 0 Å². The maximum Gasteiger partial charge on any atom is 0.252 e. The van der Waals surface area contributed by atoms with Crippen LogP contribution in [0.1, 0.15) is 141 Å². The normalized spacial score (nSPS) is 24.7. The van der Waals surface area contributed by atoms with Crippen LogP contribution in [0.2, 0.25) is 19.6 Å². The number of benzene rings is 7. The summed E-state index contributed by atoms with van der Waals surface area (Å²) in [4.78, 5) is 5.89. The van der Waals surface area contributed by atoms with Crippen LogP contribution in [0.4, 0.5) is 22.7 Å². The molecule has 8 aromatic rings. The zero-order chi connectivity index (χ0) is 50.6. The molecule has 2 aliphatic carbocycles. The van der Waals surface area contributed by atoms with Crippen molar-refractivity contribution < 1.29 is 0 Å². The molecule has 0 radical (unpaired) electrons. The molecular formula is C68H74BN3Si. The van der Waals surface area contributed by atoms with E-state index in [4.69, 9.17) is 0 Å². The first-order valence-corrected chi connectivity index (χ1v) is 31.6. The number of fused-ring (bicyclic) bond motifs is 13. The first-order valence-electron chi connectivity index (χ1n) is 28.1. The van der Waals surface area contributed by atoms with Crippen LogP contribution in [-0.2, 0) is 21.7 Å². The smallest absolute Gasteiger partial charge is 0.252 e. The molecule has 368 valence electrons. The lowest BCUT2D eigenvalue weighted by Crippen LogP contribution is -2.65. The van der Waals surface area contributed by atoms with Gasteiger partial charge in [0.25, 0.3) is 6.71 Å². The second-order valence-corrected chi connectivity index (χ2v) is 32.5. The Hall–Kier alpha value is -5.78. The molecule has 73 heavy (non-hydrogen) atoms. The van der Waals surface area contributed by atoms with Gasteiger partial charge in [-0.1, -0.05) is 190 Å². The van der Waals surface area contributed by atoms with Crippen molar-refractivity contribution in [3.63, 3.8) is 0 Å². The van der Waals surface area contributed by atoms with Gasteiger partial charge in [0.1, 0.15) is 0 Å². The Bertz CT molecular complexity index is 3660. The summed E-state index contributed by atoms with van der Waals surface area (Å²) in [5.41, 5.74) is 23.8. The predicted molar refractivity (Wildman–Crippen MR) is 317 cm³/mol. The lowest BCUT2D eigenvalue weighted by Gasteiger charge is -2.54. The monoisotopic (exact) mass is 972 g/mol. The van der Waals surface area contributed by atoms with E-state index in [1.54, 1.807) is 10.8 Å². The van der Waals surface area contributed by atoms with Crippen molar-refractivity contribution in [1.29, 1.82) is 0 Å². The predicted octanol–water partition coefficient (Wildman–Crippen LogP) is 15.2. The van der Waals surface area contributed by atoms with Crippen LogP contribution < -0.4 is 31.4 Å². The summed E-state index contributed by atoms with van der Waals surface area (Å²) in [6, 6.07) is 54.1. The van der Waals surface area contributed by atoms with Gasteiger partial charge in [-0.15, -0.1) is 0 Å². The van der Waals surface area contributed by atoms with Crippen LogP contribution in [0.25, 0.3) is 38.6 Å². The zero-order valence-electron chi connectivity index (χ0n) is 45.8. The van der Waals surface area contributed by atoms with Crippen LogP contribution >= 0.6 is 0 Å². The summed E-state index contributed by atoms with van der Waals surface area (Å²) in [7, 11) is -1.84. The van der Waals surface area contributed by atoms with Crippen molar-refractivity contribution in [3.8, 4) is 16.8 Å². The second kappa shape index (κ2) is 14.7. The van der Waals surface area contributed by atoms with Crippen molar-refractivity contribution in [1.82, 2.24) is 4.57 Å². The molecule has 2 saturated carbocycles. The van der Waals surface area contributed by atoms with E-state index < -0.39 is 8.07 Å². The summed E-state index contributed by atoms with van der Waals surface area (Å²) in [6.45, 7) is 30.2. The Morgan fingerprint density at radius 2 is 1.18 bits per heavy atom. The Morgan fingerprint density at radius 1 is 0.521 bits per heavy atom. The van der Waals surface area contributed by atoms with Gasteiger partial charge in [-0.2, -0.15) is 0 Å². The molecular weight excluding hydrogens is 898 g/mol. The van der Waals surface area contributed by atoms with Crippen molar-refractivity contribution in [2.45, 2.75) is 166 Å². The minimum absolute atomic E-state index is 0.0172. The fraction of sp³-hybridized carbons (Fsp3) is 0.382. The summed E-state index contributed by atoms with van der Waals surface area (Å²) in [5, 5.41) is 4.36. The average molecular weight is 972 g/mol. The lowest BCUT2D eigenvalue weighted by molar-refractivity contribution is 0.195. The molecule has 4 unspecified atom stereocenters. The Kier molecular flexibility index (Phi) is 9.25. The lowest BCUT2D eigenvalue weighted by atomic mass is 9.33. The molecule has 0 N–H and O–H groups in total. The van der Waals surface area contributed by atoms with Crippen LogP contribution in [0, 0.1) is 0 Å². The van der Waals surface area contributed by atoms with Crippen molar-refractivity contribution in [2.24, 2.45) is 0 Å². The van der Waals surface area contributed by atoms with Crippen LogP contribution in [0.15, 0.2) is 133 Å². The molecule has 14 rings (SSSR count). The van der Waals surface area contributed by atoms with Gasteiger partial charge < -0.3 is 14.4 Å². The first-order chi connectivity index (χ1) is 34.7. The number of aromatic nitrogens is 1. The zero-order valence-corrected chi connectivity index (χ0v) is 46.8. The summed E-state index contributed by atoms with van der Waals surface area (Å²) >= 11 is 0. The fourth-order valence-corrected chi connectivity index (χ4v) is 17.5. The van der Waals surface area contributed by atoms with Gasteiger partial charge in [0.05, 0.1) is 24.7 Å². The van der Waals surface area contributed by atoms with Gasteiger partial charge in [0, 0.05) is 55.6 Å². The van der Waals surface area contributed by atoms with Crippen molar-refractivity contribution >= 4 is 80.9 Å². The molecule has 4 aliphatic heterocycles. The van der Waals surface area contributed by atoms with Gasteiger partial charge in [-0.3, -0.25) is 0 Å². The number of nitrogens with zero attached hydrogens (tertiary/aromatic N) is 3. The highest BCUT2D eigenvalue weighted by molar-refractivity contribution is 7.01. The quantitative estimate of drug-likeness (QED) is 0.163. The molecule has 4 atom stereocenters. The van der Waals surface area contributed by atoms with Crippen molar-refractivity contribution in [3.05, 3.63) is 161 Å². The summed E-state index contributed by atoms with van der Waals surface area (Å²) < 4.78 is 2.77. The van der Waals surface area contributed by atoms with Crippen molar-refractivity contribution in [2.75, 3.05) is 9.80 Å². The third-order valence-corrected chi connectivity index (χ3v) is 22.5. The Labute approximate surface area is 437 Å². The highest BCUT2D eigenvalue weighted by Gasteiger charge is 2.65. The van der Waals surface area contributed by atoms with Crippen LogP contribution in [0.3, 0.4) is 0 Å². The van der Waals surface area contributed by atoms with E-state index in [1.807, 2.05) is 0 Å². The van der Waals surface area contributed by atoms with Gasteiger partial charge in [0.2, 0.25) is 0 Å². The maximum absolute atomic E-state index is 3.01. The minimum atomic E-state index is -1.84. The SMILES string of the molecule is CC(C)(C)c1ccc2c(c1)c1cc(C(C)(C)C)cc3c1n2-c1cc(N2c4ccc(-c5ccccc5)cc4C4(C)CCCCC24C)cc2c1B3c1cc([Si](C)(C)C)cc3c1N2C1(C)CCCCC31c1ccccc1. The highest BCUT2D eigenvalue weighted by atomic mass is 28.3. The first kappa shape index (κ1) is 45.8. The summed E-state index contributed by atoms with van der Waals surface area (Å²) in [5.74, 6) is 0. The van der Waals surface area contributed by atoms with E-state index in [-0.39, 0.29) is 39.5 Å².